The molecule has 0 spiro atoms. The van der Waals surface area contributed by atoms with E-state index in [1.54, 1.807) is 0 Å². The molecule has 1 amide bonds. The highest BCUT2D eigenvalue weighted by Crippen LogP contribution is 2.34. The topological polar surface area (TPSA) is 63.4 Å². The molecule has 25 heavy (non-hydrogen) atoms. The molecule has 1 fully saturated rings. The maximum atomic E-state index is 13.2. The Morgan fingerprint density at radius 2 is 2.24 bits per heavy atom. The minimum Gasteiger partial charge on any atom is -0.328 e. The average Bonchev–Trinajstić information content (AvgIpc) is 3.32. The van der Waals surface area contributed by atoms with Crippen molar-refractivity contribution in [2.24, 2.45) is 0 Å². The second kappa shape index (κ2) is 6.55. The van der Waals surface area contributed by atoms with Gasteiger partial charge in [-0.05, 0) is 44.7 Å². The van der Waals surface area contributed by atoms with E-state index in [0.717, 1.165) is 59.3 Å². The number of carbonyl (C=O) groups is 1. The standard InChI is InChI=1S/C18H21N5OS/c1-3-7-15-19-12(2)16(25-15)18(24)22-11-6-8-13(22)17-21-20-14-9-4-5-10-23(14)17/h4-5,9-10,13H,3,6-8,11H2,1-2H3/t13-/m0/s1. The molecule has 1 aliphatic heterocycles. The Labute approximate surface area is 150 Å². The summed E-state index contributed by atoms with van der Waals surface area (Å²) in [7, 11) is 0. The Morgan fingerprint density at radius 1 is 1.36 bits per heavy atom. The predicted octanol–water partition coefficient (Wildman–Crippen LogP) is 3.42. The Morgan fingerprint density at radius 3 is 3.08 bits per heavy atom. The van der Waals surface area contributed by atoms with Crippen LogP contribution in [-0.4, -0.2) is 36.9 Å². The summed E-state index contributed by atoms with van der Waals surface area (Å²) in [4.78, 5) is 20.4. The summed E-state index contributed by atoms with van der Waals surface area (Å²) >= 11 is 1.54. The number of rotatable bonds is 4. The van der Waals surface area contributed by atoms with Crippen molar-refractivity contribution in [1.29, 1.82) is 0 Å². The van der Waals surface area contributed by atoms with Crippen molar-refractivity contribution in [2.75, 3.05) is 6.54 Å². The summed E-state index contributed by atoms with van der Waals surface area (Å²) in [5.41, 5.74) is 1.66. The van der Waals surface area contributed by atoms with E-state index >= 15 is 0 Å². The molecule has 1 saturated heterocycles. The van der Waals surface area contributed by atoms with Crippen LogP contribution in [0.15, 0.2) is 24.4 Å². The lowest BCUT2D eigenvalue weighted by atomic mass is 10.2. The van der Waals surface area contributed by atoms with Crippen molar-refractivity contribution < 1.29 is 4.79 Å². The normalized spacial score (nSPS) is 17.5. The number of nitrogens with zero attached hydrogens (tertiary/aromatic N) is 5. The maximum absolute atomic E-state index is 13.2. The molecule has 7 heteroatoms. The largest absolute Gasteiger partial charge is 0.328 e. The molecule has 0 unspecified atom stereocenters. The number of likely N-dealkylation sites (tertiary alicyclic amines) is 1. The molecule has 0 N–H and O–H groups in total. The summed E-state index contributed by atoms with van der Waals surface area (Å²) < 4.78 is 1.98. The summed E-state index contributed by atoms with van der Waals surface area (Å²) in [5.74, 6) is 0.921. The van der Waals surface area contributed by atoms with Gasteiger partial charge in [0.15, 0.2) is 11.5 Å². The lowest BCUT2D eigenvalue weighted by Gasteiger charge is -2.23. The van der Waals surface area contributed by atoms with Gasteiger partial charge in [-0.1, -0.05) is 13.0 Å². The Bertz CT molecular complexity index is 915. The molecule has 3 aromatic rings. The van der Waals surface area contributed by atoms with Gasteiger partial charge in [0.05, 0.1) is 16.7 Å². The van der Waals surface area contributed by atoms with Gasteiger partial charge in [0.25, 0.3) is 5.91 Å². The van der Waals surface area contributed by atoms with Crippen LogP contribution in [0.3, 0.4) is 0 Å². The van der Waals surface area contributed by atoms with Crippen LogP contribution in [-0.2, 0) is 6.42 Å². The molecule has 0 saturated carbocycles. The number of aromatic nitrogens is 4. The van der Waals surface area contributed by atoms with E-state index in [1.807, 2.05) is 40.6 Å². The molecule has 0 aliphatic carbocycles. The molecule has 3 aromatic heterocycles. The van der Waals surface area contributed by atoms with Gasteiger partial charge in [0.2, 0.25) is 0 Å². The van der Waals surface area contributed by atoms with E-state index in [2.05, 4.69) is 22.1 Å². The monoisotopic (exact) mass is 355 g/mol. The van der Waals surface area contributed by atoms with Crippen LogP contribution < -0.4 is 0 Å². The lowest BCUT2D eigenvalue weighted by Crippen LogP contribution is -2.31. The smallest absolute Gasteiger partial charge is 0.266 e. The van der Waals surface area contributed by atoms with E-state index in [9.17, 15) is 4.79 Å². The molecule has 1 aliphatic rings. The fourth-order valence-electron chi connectivity index (χ4n) is 3.47. The Kier molecular flexibility index (Phi) is 4.25. The fraction of sp³-hybridized carbons (Fsp3) is 0.444. The van der Waals surface area contributed by atoms with Crippen LogP contribution in [0.25, 0.3) is 5.65 Å². The van der Waals surface area contributed by atoms with E-state index in [-0.39, 0.29) is 11.9 Å². The number of carbonyl (C=O) groups excluding carboxylic acids is 1. The number of thiazole rings is 1. The van der Waals surface area contributed by atoms with Gasteiger partial charge in [0.1, 0.15) is 4.88 Å². The number of hydrogen-bond acceptors (Lipinski definition) is 5. The van der Waals surface area contributed by atoms with Gasteiger partial charge in [-0.25, -0.2) is 4.98 Å². The quantitative estimate of drug-likeness (QED) is 0.719. The molecule has 6 nitrogen and oxygen atoms in total. The highest BCUT2D eigenvalue weighted by Gasteiger charge is 2.35. The van der Waals surface area contributed by atoms with E-state index in [1.165, 1.54) is 11.3 Å². The SMILES string of the molecule is CCCc1nc(C)c(C(=O)N2CCC[C@H]2c2nnc3ccccn23)s1. The van der Waals surface area contributed by atoms with Gasteiger partial charge < -0.3 is 4.90 Å². The molecule has 0 aromatic carbocycles. The number of aryl methyl sites for hydroxylation is 2. The van der Waals surface area contributed by atoms with Crippen molar-refractivity contribution >= 4 is 22.9 Å². The summed E-state index contributed by atoms with van der Waals surface area (Å²) in [5, 5.41) is 9.66. The molecular weight excluding hydrogens is 334 g/mol. The summed E-state index contributed by atoms with van der Waals surface area (Å²) in [6.45, 7) is 4.82. The Hall–Kier alpha value is -2.28. The van der Waals surface area contributed by atoms with Gasteiger partial charge in [-0.15, -0.1) is 21.5 Å². The van der Waals surface area contributed by atoms with Crippen molar-refractivity contribution in [3.63, 3.8) is 0 Å². The van der Waals surface area contributed by atoms with Crippen LogP contribution >= 0.6 is 11.3 Å². The number of hydrogen-bond donors (Lipinski definition) is 0. The van der Waals surface area contributed by atoms with Crippen molar-refractivity contribution in [2.45, 2.75) is 45.6 Å². The maximum Gasteiger partial charge on any atom is 0.266 e. The molecule has 130 valence electrons. The first kappa shape index (κ1) is 16.2. The van der Waals surface area contributed by atoms with E-state index in [4.69, 9.17) is 0 Å². The third-order valence-corrected chi connectivity index (χ3v) is 5.86. The zero-order valence-corrected chi connectivity index (χ0v) is 15.3. The van der Waals surface area contributed by atoms with Crippen LogP contribution in [0.2, 0.25) is 0 Å². The minimum absolute atomic E-state index is 0.0268. The fourth-order valence-corrected chi connectivity index (χ4v) is 4.59. The minimum atomic E-state index is -0.0268. The molecule has 4 rings (SSSR count). The van der Waals surface area contributed by atoms with E-state index in [0.29, 0.717) is 0 Å². The number of amides is 1. The van der Waals surface area contributed by atoms with Gasteiger partial charge in [-0.2, -0.15) is 0 Å². The van der Waals surface area contributed by atoms with Crippen molar-refractivity contribution in [3.05, 3.63) is 45.8 Å². The molecule has 0 bridgehead atoms. The lowest BCUT2D eigenvalue weighted by molar-refractivity contribution is 0.0733. The van der Waals surface area contributed by atoms with Crippen LogP contribution in [0.4, 0.5) is 0 Å². The first-order valence-electron chi connectivity index (χ1n) is 8.76. The number of fused-ring (bicyclic) bond motifs is 1. The van der Waals surface area contributed by atoms with Crippen molar-refractivity contribution in [1.82, 2.24) is 24.5 Å². The molecular formula is C18H21N5OS. The zero-order chi connectivity index (χ0) is 17.4. The number of pyridine rings is 1. The van der Waals surface area contributed by atoms with Crippen LogP contribution in [0.1, 0.15) is 58.4 Å². The van der Waals surface area contributed by atoms with Gasteiger partial charge >= 0.3 is 0 Å². The van der Waals surface area contributed by atoms with E-state index < -0.39 is 0 Å². The first-order valence-corrected chi connectivity index (χ1v) is 9.57. The molecule has 1 atom stereocenters. The third-order valence-electron chi connectivity index (χ3n) is 4.65. The first-order chi connectivity index (χ1) is 12.2. The Balaban J connectivity index is 1.66. The van der Waals surface area contributed by atoms with Gasteiger partial charge in [0, 0.05) is 12.7 Å². The third kappa shape index (κ3) is 2.82. The molecule has 4 heterocycles. The zero-order valence-electron chi connectivity index (χ0n) is 14.5. The van der Waals surface area contributed by atoms with Crippen LogP contribution in [0.5, 0.6) is 0 Å². The average molecular weight is 355 g/mol. The summed E-state index contributed by atoms with van der Waals surface area (Å²) in [6, 6.07) is 5.82. The highest BCUT2D eigenvalue weighted by molar-refractivity contribution is 7.13. The van der Waals surface area contributed by atoms with Crippen molar-refractivity contribution in [3.8, 4) is 0 Å². The summed E-state index contributed by atoms with van der Waals surface area (Å²) in [6.07, 6.45) is 5.83. The van der Waals surface area contributed by atoms with Gasteiger partial charge in [-0.3, -0.25) is 9.20 Å². The second-order valence-corrected chi connectivity index (χ2v) is 7.50. The molecule has 0 radical (unpaired) electrons. The predicted molar refractivity (Wildman–Crippen MR) is 96.8 cm³/mol. The van der Waals surface area contributed by atoms with Crippen LogP contribution in [0, 0.1) is 6.92 Å². The highest BCUT2D eigenvalue weighted by atomic mass is 32.1. The second-order valence-electron chi connectivity index (χ2n) is 6.42.